The molecule has 0 bridgehead atoms. The van der Waals surface area contributed by atoms with Gasteiger partial charge in [-0.2, -0.15) is 0 Å². The highest BCUT2D eigenvalue weighted by Gasteiger charge is 2.27. The summed E-state index contributed by atoms with van der Waals surface area (Å²) in [5.41, 5.74) is 3.42. The summed E-state index contributed by atoms with van der Waals surface area (Å²) in [5.74, 6) is 0.949. The molecule has 0 aliphatic carbocycles. The zero-order valence-electron chi connectivity index (χ0n) is 11.3. The van der Waals surface area contributed by atoms with Crippen molar-refractivity contribution in [3.8, 4) is 17.0 Å². The van der Waals surface area contributed by atoms with Crippen LogP contribution in [0.4, 0.5) is 0 Å². The number of fused-ring (bicyclic) bond motifs is 1. The van der Waals surface area contributed by atoms with Crippen LogP contribution in [-0.2, 0) is 0 Å². The Morgan fingerprint density at radius 1 is 1.05 bits per heavy atom. The molecule has 0 saturated heterocycles. The van der Waals surface area contributed by atoms with Gasteiger partial charge in [0.15, 0.2) is 4.77 Å². The van der Waals surface area contributed by atoms with Crippen molar-refractivity contribution in [2.45, 2.75) is 6.04 Å². The number of aromatic amines is 1. The molecule has 0 saturated carbocycles. The van der Waals surface area contributed by atoms with Gasteiger partial charge >= 0.3 is 0 Å². The average molecular weight is 294 g/mol. The monoisotopic (exact) mass is 294 g/mol. The molecular formula is C17H14N2OS. The van der Waals surface area contributed by atoms with Crippen LogP contribution in [0.3, 0.4) is 0 Å². The van der Waals surface area contributed by atoms with Crippen LogP contribution in [0.25, 0.3) is 11.3 Å². The van der Waals surface area contributed by atoms with Gasteiger partial charge in [0.2, 0.25) is 0 Å². The van der Waals surface area contributed by atoms with E-state index in [1.807, 2.05) is 42.6 Å². The number of rotatable bonds is 2. The van der Waals surface area contributed by atoms with Crippen LogP contribution in [0.15, 0.2) is 60.8 Å². The Hall–Kier alpha value is -2.33. The summed E-state index contributed by atoms with van der Waals surface area (Å²) in [6.45, 7) is 0.616. The first kappa shape index (κ1) is 12.4. The van der Waals surface area contributed by atoms with E-state index in [-0.39, 0.29) is 6.04 Å². The van der Waals surface area contributed by atoms with Crippen LogP contribution in [0.2, 0.25) is 0 Å². The van der Waals surface area contributed by atoms with Crippen molar-refractivity contribution in [1.29, 1.82) is 0 Å². The second-order valence-electron chi connectivity index (χ2n) is 5.08. The van der Waals surface area contributed by atoms with Crippen LogP contribution in [0, 0.1) is 4.77 Å². The summed E-state index contributed by atoms with van der Waals surface area (Å²) >= 11 is 5.49. The average Bonchev–Trinajstić information content (AvgIpc) is 3.11. The molecule has 3 aromatic rings. The summed E-state index contributed by atoms with van der Waals surface area (Å²) in [6, 6.07) is 18.5. The first-order valence-electron chi connectivity index (χ1n) is 6.91. The third kappa shape index (κ3) is 1.99. The molecule has 1 N–H and O–H groups in total. The molecule has 1 aliphatic heterocycles. The number of nitrogens with one attached hydrogen (secondary N) is 1. The normalized spacial score (nSPS) is 16.5. The highest BCUT2D eigenvalue weighted by atomic mass is 32.1. The molecule has 21 heavy (non-hydrogen) atoms. The molecule has 1 atom stereocenters. The molecule has 1 aliphatic rings. The predicted octanol–water partition coefficient (Wildman–Crippen LogP) is 4.19. The van der Waals surface area contributed by atoms with Gasteiger partial charge in [-0.3, -0.25) is 0 Å². The molecule has 2 heterocycles. The second kappa shape index (κ2) is 4.90. The van der Waals surface area contributed by atoms with Gasteiger partial charge < -0.3 is 14.3 Å². The Bertz CT molecular complexity index is 835. The van der Waals surface area contributed by atoms with E-state index in [1.54, 1.807) is 0 Å². The van der Waals surface area contributed by atoms with E-state index in [0.717, 1.165) is 21.8 Å². The van der Waals surface area contributed by atoms with E-state index in [2.05, 4.69) is 27.8 Å². The van der Waals surface area contributed by atoms with Gasteiger partial charge in [0.1, 0.15) is 12.4 Å². The number of nitrogens with zero attached hydrogens (tertiary/aromatic N) is 1. The van der Waals surface area contributed by atoms with Crippen molar-refractivity contribution in [3.05, 3.63) is 71.1 Å². The molecule has 104 valence electrons. The SMILES string of the molecule is S=c1[nH]cc(-c2ccccc2)n1C1COc2ccccc21. The Morgan fingerprint density at radius 3 is 2.67 bits per heavy atom. The molecule has 3 nitrogen and oxygen atoms in total. The van der Waals surface area contributed by atoms with Crippen molar-refractivity contribution in [1.82, 2.24) is 9.55 Å². The minimum atomic E-state index is 0.121. The standard InChI is InChI=1S/C17H14N2OS/c21-17-18-10-14(12-6-2-1-3-7-12)19(17)15-11-20-16-9-5-4-8-13(15)16/h1-10,15H,11H2,(H,18,21). The van der Waals surface area contributed by atoms with Crippen LogP contribution in [-0.4, -0.2) is 16.2 Å². The number of para-hydroxylation sites is 1. The zero-order chi connectivity index (χ0) is 14.2. The Labute approximate surface area is 127 Å². The fourth-order valence-corrected chi connectivity index (χ4v) is 3.16. The lowest BCUT2D eigenvalue weighted by molar-refractivity contribution is 0.316. The minimum absolute atomic E-state index is 0.121. The van der Waals surface area contributed by atoms with Crippen molar-refractivity contribution in [3.63, 3.8) is 0 Å². The molecule has 0 amide bonds. The van der Waals surface area contributed by atoms with E-state index < -0.39 is 0 Å². The predicted molar refractivity (Wildman–Crippen MR) is 85.1 cm³/mol. The number of H-pyrrole nitrogens is 1. The number of hydrogen-bond acceptors (Lipinski definition) is 2. The largest absolute Gasteiger partial charge is 0.491 e. The summed E-state index contributed by atoms with van der Waals surface area (Å²) < 4.78 is 8.67. The van der Waals surface area contributed by atoms with E-state index in [9.17, 15) is 0 Å². The number of ether oxygens (including phenoxy) is 1. The highest BCUT2D eigenvalue weighted by Crippen LogP contribution is 2.37. The lowest BCUT2D eigenvalue weighted by atomic mass is 10.1. The fraction of sp³-hybridized carbons (Fsp3) is 0.118. The maximum absolute atomic E-state index is 5.80. The van der Waals surface area contributed by atoms with Crippen molar-refractivity contribution < 1.29 is 4.74 Å². The molecule has 4 heteroatoms. The quantitative estimate of drug-likeness (QED) is 0.718. The first-order chi connectivity index (χ1) is 10.3. The summed E-state index contributed by atoms with van der Waals surface area (Å²) in [7, 11) is 0. The lowest BCUT2D eigenvalue weighted by Crippen LogP contribution is -2.13. The Kier molecular flexibility index (Phi) is 2.89. The number of benzene rings is 2. The third-order valence-electron chi connectivity index (χ3n) is 3.87. The highest BCUT2D eigenvalue weighted by molar-refractivity contribution is 7.71. The smallest absolute Gasteiger partial charge is 0.178 e. The Balaban J connectivity index is 1.88. The number of hydrogen-bond donors (Lipinski definition) is 1. The maximum Gasteiger partial charge on any atom is 0.178 e. The van der Waals surface area contributed by atoms with E-state index in [4.69, 9.17) is 17.0 Å². The second-order valence-corrected chi connectivity index (χ2v) is 5.47. The molecule has 0 radical (unpaired) electrons. The molecule has 2 aromatic carbocycles. The molecule has 0 spiro atoms. The van der Waals surface area contributed by atoms with Crippen molar-refractivity contribution >= 4 is 12.2 Å². The van der Waals surface area contributed by atoms with Crippen molar-refractivity contribution in [2.75, 3.05) is 6.61 Å². The van der Waals surface area contributed by atoms with Gasteiger partial charge in [0.05, 0.1) is 11.7 Å². The topological polar surface area (TPSA) is 29.9 Å². The Morgan fingerprint density at radius 2 is 1.81 bits per heavy atom. The van der Waals surface area contributed by atoms with Gasteiger partial charge in [-0.25, -0.2) is 0 Å². The van der Waals surface area contributed by atoms with E-state index >= 15 is 0 Å². The van der Waals surface area contributed by atoms with Crippen molar-refractivity contribution in [2.24, 2.45) is 0 Å². The summed E-state index contributed by atoms with van der Waals surface area (Å²) in [6.07, 6.45) is 1.97. The zero-order valence-corrected chi connectivity index (χ0v) is 12.1. The van der Waals surface area contributed by atoms with Gasteiger partial charge in [-0.05, 0) is 23.8 Å². The van der Waals surface area contributed by atoms with Crippen LogP contribution in [0.1, 0.15) is 11.6 Å². The minimum Gasteiger partial charge on any atom is -0.491 e. The van der Waals surface area contributed by atoms with E-state index in [1.165, 1.54) is 5.56 Å². The molecule has 1 unspecified atom stereocenters. The molecule has 4 rings (SSSR count). The molecule has 0 fully saturated rings. The van der Waals surface area contributed by atoms with Crippen LogP contribution >= 0.6 is 12.2 Å². The fourth-order valence-electron chi connectivity index (χ4n) is 2.88. The van der Waals surface area contributed by atoms with Gasteiger partial charge in [0, 0.05) is 11.8 Å². The van der Waals surface area contributed by atoms with Gasteiger partial charge in [0.25, 0.3) is 0 Å². The van der Waals surface area contributed by atoms with Crippen LogP contribution in [0.5, 0.6) is 5.75 Å². The summed E-state index contributed by atoms with van der Waals surface area (Å²) in [5, 5.41) is 0. The van der Waals surface area contributed by atoms with Gasteiger partial charge in [-0.1, -0.05) is 48.5 Å². The van der Waals surface area contributed by atoms with Gasteiger partial charge in [-0.15, -0.1) is 0 Å². The lowest BCUT2D eigenvalue weighted by Gasteiger charge is -2.15. The number of aromatic nitrogens is 2. The third-order valence-corrected chi connectivity index (χ3v) is 4.18. The molecular weight excluding hydrogens is 280 g/mol. The summed E-state index contributed by atoms with van der Waals surface area (Å²) in [4.78, 5) is 3.17. The first-order valence-corrected chi connectivity index (χ1v) is 7.32. The maximum atomic E-state index is 5.80. The van der Waals surface area contributed by atoms with Crippen LogP contribution < -0.4 is 4.74 Å². The molecule has 1 aromatic heterocycles. The van der Waals surface area contributed by atoms with E-state index in [0.29, 0.717) is 6.61 Å². The number of imidazole rings is 1.